The van der Waals surface area contributed by atoms with Crippen LogP contribution in [0, 0.1) is 5.82 Å². The van der Waals surface area contributed by atoms with Gasteiger partial charge in [0.2, 0.25) is 5.91 Å². The Morgan fingerprint density at radius 3 is 2.73 bits per heavy atom. The van der Waals surface area contributed by atoms with Crippen LogP contribution in [-0.4, -0.2) is 21.1 Å². The van der Waals surface area contributed by atoms with Crippen molar-refractivity contribution in [2.75, 3.05) is 0 Å². The molecule has 0 spiro atoms. The minimum atomic E-state index is -0.393. The summed E-state index contributed by atoms with van der Waals surface area (Å²) in [5, 5.41) is 3.15. The van der Waals surface area contributed by atoms with E-state index >= 15 is 0 Å². The van der Waals surface area contributed by atoms with Crippen molar-refractivity contribution >= 4 is 39.2 Å². The fourth-order valence-electron chi connectivity index (χ4n) is 2.00. The summed E-state index contributed by atoms with van der Waals surface area (Å²) >= 11 is 2.79. The molecule has 3 rings (SSSR count). The van der Waals surface area contributed by atoms with E-state index in [-0.39, 0.29) is 11.1 Å². The van der Waals surface area contributed by atoms with Crippen LogP contribution >= 0.6 is 23.1 Å². The van der Waals surface area contributed by atoms with Crippen LogP contribution in [0.15, 0.2) is 41.0 Å². The van der Waals surface area contributed by atoms with Gasteiger partial charge in [0.15, 0.2) is 0 Å². The van der Waals surface area contributed by atoms with E-state index in [4.69, 9.17) is 5.73 Å². The molecule has 4 nitrogen and oxygen atoms in total. The lowest BCUT2D eigenvalue weighted by molar-refractivity contribution is -0.117. The van der Waals surface area contributed by atoms with Crippen LogP contribution in [0.2, 0.25) is 0 Å². The van der Waals surface area contributed by atoms with E-state index in [1.165, 1.54) is 41.6 Å². The molecule has 0 saturated heterocycles. The maximum atomic E-state index is 13.1. The highest BCUT2D eigenvalue weighted by molar-refractivity contribution is 8.00. The second-order valence-electron chi connectivity index (χ2n) is 4.68. The number of carbonyl (C=O) groups is 1. The summed E-state index contributed by atoms with van der Waals surface area (Å²) in [7, 11) is 0. The highest BCUT2D eigenvalue weighted by Crippen LogP contribution is 2.38. The van der Waals surface area contributed by atoms with E-state index in [1.54, 1.807) is 19.1 Å². The van der Waals surface area contributed by atoms with E-state index in [0.717, 1.165) is 21.3 Å². The summed E-state index contributed by atoms with van der Waals surface area (Å²) in [4.78, 5) is 20.7. The quantitative estimate of drug-likeness (QED) is 0.586. The number of hydrogen-bond acceptors (Lipinski definition) is 5. The number of thioether (sulfide) groups is 1. The highest BCUT2D eigenvalue weighted by atomic mass is 32.2. The second kappa shape index (κ2) is 6.02. The predicted octanol–water partition coefficient (Wildman–Crippen LogP) is 3.46. The van der Waals surface area contributed by atoms with Crippen LogP contribution in [0.25, 0.3) is 21.3 Å². The molecule has 1 atom stereocenters. The fraction of sp³-hybridized carbons (Fsp3) is 0.133. The molecular formula is C15H12FN3OS2. The third kappa shape index (κ3) is 2.82. The van der Waals surface area contributed by atoms with Crippen LogP contribution in [0.1, 0.15) is 6.92 Å². The Balaban J connectivity index is 2.12. The van der Waals surface area contributed by atoms with Gasteiger partial charge < -0.3 is 5.73 Å². The molecule has 2 aromatic heterocycles. The monoisotopic (exact) mass is 333 g/mol. The number of hydrogen-bond donors (Lipinski definition) is 1. The van der Waals surface area contributed by atoms with Crippen LogP contribution in [-0.2, 0) is 4.79 Å². The molecule has 0 aliphatic carbocycles. The number of rotatable bonds is 4. The molecule has 0 aliphatic heterocycles. The number of halogens is 1. The average Bonchev–Trinajstić information content (AvgIpc) is 2.93. The van der Waals surface area contributed by atoms with Gasteiger partial charge >= 0.3 is 0 Å². The number of amides is 1. The number of aromatic nitrogens is 2. The smallest absolute Gasteiger partial charge is 0.230 e. The highest BCUT2D eigenvalue weighted by Gasteiger charge is 2.18. The first-order chi connectivity index (χ1) is 10.6. The van der Waals surface area contributed by atoms with Gasteiger partial charge in [0, 0.05) is 10.9 Å². The summed E-state index contributed by atoms with van der Waals surface area (Å²) in [6, 6.07) is 6.27. The van der Waals surface area contributed by atoms with Gasteiger partial charge in [-0.3, -0.25) is 4.79 Å². The average molecular weight is 333 g/mol. The van der Waals surface area contributed by atoms with Crippen molar-refractivity contribution in [1.82, 2.24) is 9.97 Å². The number of nitrogens with two attached hydrogens (primary N) is 1. The summed E-state index contributed by atoms with van der Waals surface area (Å²) in [6.45, 7) is 1.74. The maximum absolute atomic E-state index is 13.1. The van der Waals surface area contributed by atoms with Gasteiger partial charge in [0.25, 0.3) is 0 Å². The molecule has 3 aromatic rings. The molecule has 112 valence electrons. The summed E-state index contributed by atoms with van der Waals surface area (Å²) in [5.41, 5.74) is 7.14. The Labute approximate surface area is 134 Å². The molecule has 0 aliphatic rings. The van der Waals surface area contributed by atoms with E-state index in [9.17, 15) is 9.18 Å². The molecule has 0 radical (unpaired) electrons. The molecule has 0 fully saturated rings. The summed E-state index contributed by atoms with van der Waals surface area (Å²) < 4.78 is 13.1. The van der Waals surface area contributed by atoms with Gasteiger partial charge in [0.05, 0.1) is 10.6 Å². The fourth-order valence-corrected chi connectivity index (χ4v) is 3.87. The standard InChI is InChI=1S/C15H12FN3OS2/c1-8(13(17)20)22-15-12-11(6-21-14(12)18-7-19-15)9-2-4-10(16)5-3-9/h2-8H,1H3,(H2,17,20). The summed E-state index contributed by atoms with van der Waals surface area (Å²) in [5.74, 6) is -0.674. The molecule has 0 bridgehead atoms. The Bertz CT molecular complexity index is 832. The predicted molar refractivity (Wildman–Crippen MR) is 87.3 cm³/mol. The second-order valence-corrected chi connectivity index (χ2v) is 6.87. The van der Waals surface area contributed by atoms with Crippen molar-refractivity contribution in [3.63, 3.8) is 0 Å². The van der Waals surface area contributed by atoms with Gasteiger partial charge in [-0.25, -0.2) is 14.4 Å². The molecule has 2 N–H and O–H groups in total. The van der Waals surface area contributed by atoms with Crippen molar-refractivity contribution in [3.8, 4) is 11.1 Å². The lowest BCUT2D eigenvalue weighted by Crippen LogP contribution is -2.22. The molecule has 1 amide bonds. The SMILES string of the molecule is CC(Sc1ncnc2scc(-c3ccc(F)cc3)c12)C(N)=O. The molecule has 1 aromatic carbocycles. The Morgan fingerprint density at radius 1 is 1.32 bits per heavy atom. The van der Waals surface area contributed by atoms with Crippen LogP contribution in [0.4, 0.5) is 4.39 Å². The minimum absolute atomic E-state index is 0.281. The van der Waals surface area contributed by atoms with E-state index < -0.39 is 5.91 Å². The first-order valence-corrected chi connectivity index (χ1v) is 8.26. The van der Waals surface area contributed by atoms with Crippen molar-refractivity contribution in [1.29, 1.82) is 0 Å². The largest absolute Gasteiger partial charge is 0.369 e. The van der Waals surface area contributed by atoms with Gasteiger partial charge in [-0.15, -0.1) is 11.3 Å². The third-order valence-corrected chi connectivity index (χ3v) is 5.18. The number of primary amides is 1. The van der Waals surface area contributed by atoms with E-state index in [1.807, 2.05) is 5.38 Å². The minimum Gasteiger partial charge on any atom is -0.369 e. The number of carbonyl (C=O) groups excluding carboxylic acids is 1. The topological polar surface area (TPSA) is 68.9 Å². The van der Waals surface area contributed by atoms with Gasteiger partial charge in [-0.2, -0.15) is 0 Å². The molecule has 22 heavy (non-hydrogen) atoms. The normalized spacial score (nSPS) is 12.5. The van der Waals surface area contributed by atoms with Gasteiger partial charge in [-0.1, -0.05) is 23.9 Å². The van der Waals surface area contributed by atoms with Gasteiger partial charge in [-0.05, 0) is 24.6 Å². The molecule has 2 heterocycles. The van der Waals surface area contributed by atoms with Crippen molar-refractivity contribution in [3.05, 3.63) is 41.8 Å². The zero-order valence-electron chi connectivity index (χ0n) is 11.6. The number of benzene rings is 1. The molecule has 7 heteroatoms. The molecule has 0 saturated carbocycles. The van der Waals surface area contributed by atoms with Crippen LogP contribution < -0.4 is 5.73 Å². The Hall–Kier alpha value is -1.99. The molecular weight excluding hydrogens is 321 g/mol. The van der Waals surface area contributed by atoms with E-state index in [0.29, 0.717) is 5.03 Å². The molecule has 1 unspecified atom stereocenters. The third-order valence-electron chi connectivity index (χ3n) is 3.18. The Kier molecular flexibility index (Phi) is 4.08. The van der Waals surface area contributed by atoms with Crippen LogP contribution in [0.3, 0.4) is 0 Å². The van der Waals surface area contributed by atoms with Gasteiger partial charge in [0.1, 0.15) is 22.0 Å². The van der Waals surface area contributed by atoms with Crippen LogP contribution in [0.5, 0.6) is 0 Å². The first-order valence-electron chi connectivity index (χ1n) is 6.50. The number of thiophene rings is 1. The summed E-state index contributed by atoms with van der Waals surface area (Å²) in [6.07, 6.45) is 1.48. The van der Waals surface area contributed by atoms with Crippen molar-refractivity contribution in [2.45, 2.75) is 17.2 Å². The lowest BCUT2D eigenvalue weighted by atomic mass is 10.1. The number of nitrogens with zero attached hydrogens (tertiary/aromatic N) is 2. The lowest BCUT2D eigenvalue weighted by Gasteiger charge is -2.08. The first kappa shape index (κ1) is 14.9. The van der Waals surface area contributed by atoms with Crippen molar-refractivity contribution < 1.29 is 9.18 Å². The zero-order valence-corrected chi connectivity index (χ0v) is 13.2. The zero-order chi connectivity index (χ0) is 15.7. The van der Waals surface area contributed by atoms with Crippen molar-refractivity contribution in [2.24, 2.45) is 5.73 Å². The maximum Gasteiger partial charge on any atom is 0.230 e. The van der Waals surface area contributed by atoms with E-state index in [2.05, 4.69) is 9.97 Å². The Morgan fingerprint density at radius 2 is 2.05 bits per heavy atom. The number of fused-ring (bicyclic) bond motifs is 1.